The van der Waals surface area contributed by atoms with E-state index >= 15 is 0 Å². The zero-order valence-electron chi connectivity index (χ0n) is 20.2. The van der Waals surface area contributed by atoms with Crippen molar-refractivity contribution in [3.05, 3.63) is 48.2 Å². The van der Waals surface area contributed by atoms with Crippen molar-refractivity contribution in [1.82, 2.24) is 24.7 Å². The van der Waals surface area contributed by atoms with Gasteiger partial charge in [-0.1, -0.05) is 30.3 Å². The molecule has 5 rings (SSSR count). The summed E-state index contributed by atoms with van der Waals surface area (Å²) in [6.07, 6.45) is 2.43. The lowest BCUT2D eigenvalue weighted by Gasteiger charge is -2.39. The van der Waals surface area contributed by atoms with Crippen LogP contribution in [0.2, 0.25) is 0 Å². The monoisotopic (exact) mass is 496 g/mol. The molecule has 11 heteroatoms. The van der Waals surface area contributed by atoms with Gasteiger partial charge >= 0.3 is 12.2 Å². The fraction of sp³-hybridized carbons (Fsp3) is 0.520. The number of fused-ring (bicyclic) bond motifs is 2. The van der Waals surface area contributed by atoms with Crippen LogP contribution in [0.4, 0.5) is 15.5 Å². The molecule has 2 amide bonds. The lowest BCUT2D eigenvalue weighted by molar-refractivity contribution is 0.0682. The number of anilines is 1. The van der Waals surface area contributed by atoms with Crippen LogP contribution in [0.25, 0.3) is 0 Å². The molecule has 3 fully saturated rings. The average molecular weight is 497 g/mol. The Morgan fingerprint density at radius 2 is 1.69 bits per heavy atom. The molecule has 2 bridgehead atoms. The number of likely N-dealkylation sites (tertiary alicyclic amines) is 1. The second-order valence-corrected chi connectivity index (χ2v) is 9.39. The van der Waals surface area contributed by atoms with Crippen molar-refractivity contribution < 1.29 is 24.2 Å². The molecule has 3 saturated heterocycles. The van der Waals surface area contributed by atoms with E-state index in [-0.39, 0.29) is 24.8 Å². The number of amides is 2. The van der Waals surface area contributed by atoms with E-state index in [0.29, 0.717) is 44.6 Å². The van der Waals surface area contributed by atoms with Gasteiger partial charge in [0, 0.05) is 58.1 Å². The van der Waals surface area contributed by atoms with Gasteiger partial charge in [0.05, 0.1) is 12.1 Å². The Bertz CT molecular complexity index is 1030. The van der Waals surface area contributed by atoms with Gasteiger partial charge < -0.3 is 29.3 Å². The van der Waals surface area contributed by atoms with Crippen LogP contribution in [0.15, 0.2) is 42.6 Å². The highest BCUT2D eigenvalue weighted by Crippen LogP contribution is 2.33. The molecule has 0 saturated carbocycles. The van der Waals surface area contributed by atoms with Crippen LogP contribution < -0.4 is 9.64 Å². The molecule has 192 valence electrons. The Morgan fingerprint density at radius 1 is 0.972 bits per heavy atom. The number of carbonyl (C=O) groups is 2. The summed E-state index contributed by atoms with van der Waals surface area (Å²) in [4.78, 5) is 40.4. The van der Waals surface area contributed by atoms with Crippen LogP contribution in [0.3, 0.4) is 0 Å². The van der Waals surface area contributed by atoms with Crippen LogP contribution in [0, 0.1) is 0 Å². The maximum atomic E-state index is 12.4. The first kappa shape index (κ1) is 24.1. The standard InChI is InChI=1S/C25H32N6O5/c32-24(33)30-16-20-6-7-21(17-30)31(20)23-26-9-8-22(27-23)35-15-14-28-10-12-29(13-11-28)25(34)36-18-19-4-2-1-3-5-19/h1-5,8-9,20-21H,6-7,10-18H2,(H,32,33). The minimum absolute atomic E-state index is 0.103. The molecule has 1 N–H and O–H groups in total. The molecule has 4 heterocycles. The molecule has 0 aliphatic carbocycles. The second-order valence-electron chi connectivity index (χ2n) is 9.39. The summed E-state index contributed by atoms with van der Waals surface area (Å²) in [6.45, 7) is 5.21. The number of benzene rings is 1. The van der Waals surface area contributed by atoms with Gasteiger partial charge in [-0.25, -0.2) is 14.6 Å². The lowest BCUT2D eigenvalue weighted by Crippen LogP contribution is -2.55. The largest absolute Gasteiger partial charge is 0.476 e. The van der Waals surface area contributed by atoms with E-state index in [4.69, 9.17) is 9.47 Å². The van der Waals surface area contributed by atoms with Crippen LogP contribution in [0.5, 0.6) is 5.88 Å². The third-order valence-electron chi connectivity index (χ3n) is 7.09. The molecule has 3 aliphatic heterocycles. The van der Waals surface area contributed by atoms with Crippen molar-refractivity contribution >= 4 is 18.1 Å². The molecule has 1 aromatic carbocycles. The van der Waals surface area contributed by atoms with Gasteiger partial charge in [-0.05, 0) is 18.4 Å². The van der Waals surface area contributed by atoms with E-state index in [0.717, 1.165) is 38.0 Å². The summed E-state index contributed by atoms with van der Waals surface area (Å²) in [7, 11) is 0. The fourth-order valence-electron chi connectivity index (χ4n) is 5.17. The third kappa shape index (κ3) is 5.62. The van der Waals surface area contributed by atoms with Gasteiger partial charge in [0.25, 0.3) is 0 Å². The average Bonchev–Trinajstić information content (AvgIpc) is 3.17. The van der Waals surface area contributed by atoms with E-state index in [1.165, 1.54) is 4.90 Å². The number of aromatic nitrogens is 2. The Labute approximate surface area is 210 Å². The fourth-order valence-corrected chi connectivity index (χ4v) is 5.17. The van der Waals surface area contributed by atoms with E-state index in [1.807, 2.05) is 30.3 Å². The van der Waals surface area contributed by atoms with Gasteiger partial charge in [0.2, 0.25) is 11.8 Å². The summed E-state index contributed by atoms with van der Waals surface area (Å²) in [5.74, 6) is 1.12. The number of hydrogen-bond donors (Lipinski definition) is 1. The van der Waals surface area contributed by atoms with E-state index in [2.05, 4.69) is 19.8 Å². The molecule has 11 nitrogen and oxygen atoms in total. The summed E-state index contributed by atoms with van der Waals surface area (Å²) < 4.78 is 11.4. The maximum Gasteiger partial charge on any atom is 0.410 e. The molecular weight excluding hydrogens is 464 g/mol. The van der Waals surface area contributed by atoms with Crippen molar-refractivity contribution in [2.24, 2.45) is 0 Å². The smallest absolute Gasteiger partial charge is 0.410 e. The van der Waals surface area contributed by atoms with Crippen LogP contribution in [-0.4, -0.2) is 106 Å². The first-order chi connectivity index (χ1) is 17.6. The predicted molar refractivity (Wildman–Crippen MR) is 131 cm³/mol. The maximum absolute atomic E-state index is 12.4. The SMILES string of the molecule is O=C(O)N1CC2CCC(C1)N2c1nccc(OCCN2CCN(C(=O)OCc3ccccc3)CC2)n1. The molecular formula is C25H32N6O5. The van der Waals surface area contributed by atoms with E-state index in [9.17, 15) is 14.7 Å². The lowest BCUT2D eigenvalue weighted by atomic mass is 10.2. The minimum atomic E-state index is -0.866. The summed E-state index contributed by atoms with van der Waals surface area (Å²) in [6, 6.07) is 11.6. The normalized spacial score (nSPS) is 21.9. The highest BCUT2D eigenvalue weighted by atomic mass is 16.6. The van der Waals surface area contributed by atoms with E-state index < -0.39 is 6.09 Å². The van der Waals surface area contributed by atoms with Crippen LogP contribution in [0.1, 0.15) is 18.4 Å². The number of piperazine rings is 2. The van der Waals surface area contributed by atoms with Crippen LogP contribution in [-0.2, 0) is 11.3 Å². The Morgan fingerprint density at radius 3 is 2.39 bits per heavy atom. The number of carboxylic acid groups (broad SMARTS) is 1. The van der Waals surface area contributed by atoms with Gasteiger partial charge in [-0.15, -0.1) is 0 Å². The molecule has 0 radical (unpaired) electrons. The van der Waals surface area contributed by atoms with Crippen LogP contribution >= 0.6 is 0 Å². The summed E-state index contributed by atoms with van der Waals surface area (Å²) >= 11 is 0. The van der Waals surface area contributed by atoms with E-state index in [1.54, 1.807) is 17.2 Å². The molecule has 36 heavy (non-hydrogen) atoms. The van der Waals surface area contributed by atoms with Crippen molar-refractivity contribution in [2.45, 2.75) is 31.5 Å². The summed E-state index contributed by atoms with van der Waals surface area (Å²) in [5.41, 5.74) is 0.977. The summed E-state index contributed by atoms with van der Waals surface area (Å²) in [5, 5.41) is 9.34. The quantitative estimate of drug-likeness (QED) is 0.616. The molecule has 3 aliphatic rings. The van der Waals surface area contributed by atoms with Crippen molar-refractivity contribution in [3.8, 4) is 5.88 Å². The number of hydrogen-bond acceptors (Lipinski definition) is 8. The first-order valence-corrected chi connectivity index (χ1v) is 12.5. The number of carbonyl (C=O) groups excluding carboxylic acids is 1. The number of ether oxygens (including phenoxy) is 2. The minimum Gasteiger partial charge on any atom is -0.476 e. The third-order valence-corrected chi connectivity index (χ3v) is 7.09. The van der Waals surface area contributed by atoms with Crippen molar-refractivity contribution in [2.75, 3.05) is 57.3 Å². The highest BCUT2D eigenvalue weighted by Gasteiger charge is 2.42. The van der Waals surface area contributed by atoms with Crippen molar-refractivity contribution in [1.29, 1.82) is 0 Å². The van der Waals surface area contributed by atoms with Gasteiger partial charge in [0.15, 0.2) is 0 Å². The van der Waals surface area contributed by atoms with Gasteiger partial charge in [-0.2, -0.15) is 4.98 Å². The van der Waals surface area contributed by atoms with Gasteiger partial charge in [0.1, 0.15) is 13.2 Å². The predicted octanol–water partition coefficient (Wildman–Crippen LogP) is 2.14. The molecule has 2 aromatic rings. The molecule has 1 aromatic heterocycles. The second kappa shape index (κ2) is 11.0. The molecule has 0 spiro atoms. The Hall–Kier alpha value is -3.60. The zero-order chi connectivity index (χ0) is 24.9. The molecule has 2 atom stereocenters. The zero-order valence-corrected chi connectivity index (χ0v) is 20.2. The Balaban J connectivity index is 1.05. The number of rotatable bonds is 7. The highest BCUT2D eigenvalue weighted by molar-refractivity contribution is 5.67. The van der Waals surface area contributed by atoms with Crippen molar-refractivity contribution in [3.63, 3.8) is 0 Å². The number of nitrogens with zero attached hydrogens (tertiary/aromatic N) is 6. The first-order valence-electron chi connectivity index (χ1n) is 12.5. The van der Waals surface area contributed by atoms with Gasteiger partial charge in [-0.3, -0.25) is 4.90 Å². The Kier molecular flexibility index (Phi) is 7.36. The topological polar surface area (TPSA) is 112 Å². The molecule has 2 unspecified atom stereocenters.